The fourth-order valence-electron chi connectivity index (χ4n) is 3.17. The fourth-order valence-corrected chi connectivity index (χ4v) is 3.17. The molecule has 4 aliphatic heterocycles. The van der Waals surface area contributed by atoms with Crippen molar-refractivity contribution in [1.29, 1.82) is 0 Å². The molecule has 4 fully saturated rings. The van der Waals surface area contributed by atoms with Crippen LogP contribution in [0.15, 0.2) is 0 Å². The van der Waals surface area contributed by atoms with Gasteiger partial charge in [0.25, 0.3) is 0 Å². The van der Waals surface area contributed by atoms with Crippen LogP contribution in [0.25, 0.3) is 0 Å². The van der Waals surface area contributed by atoms with Crippen LogP contribution in [-0.4, -0.2) is 54.6 Å². The van der Waals surface area contributed by atoms with Gasteiger partial charge in [-0.1, -0.05) is 0 Å². The number of likely N-dealkylation sites (tertiary alicyclic amines) is 1. The Labute approximate surface area is 79.9 Å². The molecule has 1 unspecified atom stereocenters. The molecule has 3 nitrogen and oxygen atoms in total. The van der Waals surface area contributed by atoms with E-state index in [0.29, 0.717) is 6.04 Å². The Morgan fingerprint density at radius 3 is 2.15 bits per heavy atom. The van der Waals surface area contributed by atoms with E-state index in [-0.39, 0.29) is 0 Å². The predicted octanol–water partition coefficient (Wildman–Crippen LogP) is -0.277. The molecule has 13 heavy (non-hydrogen) atoms. The Hall–Kier alpha value is -0.120. The molecule has 0 saturated carbocycles. The average molecular weight is 181 g/mol. The van der Waals surface area contributed by atoms with E-state index in [9.17, 15) is 0 Å². The Morgan fingerprint density at radius 2 is 1.69 bits per heavy atom. The number of rotatable bonds is 1. The highest BCUT2D eigenvalue weighted by atomic mass is 15.3. The van der Waals surface area contributed by atoms with Crippen molar-refractivity contribution < 1.29 is 0 Å². The first kappa shape index (κ1) is 8.21. The molecule has 0 aromatic carbocycles. The van der Waals surface area contributed by atoms with Crippen molar-refractivity contribution in [2.45, 2.75) is 24.9 Å². The minimum atomic E-state index is 0.468. The smallest absolute Gasteiger partial charge is 0.0297 e. The van der Waals surface area contributed by atoms with Gasteiger partial charge in [-0.25, -0.2) is 0 Å². The summed E-state index contributed by atoms with van der Waals surface area (Å²) in [4.78, 5) is 5.22. The predicted molar refractivity (Wildman–Crippen MR) is 52.5 cm³/mol. The van der Waals surface area contributed by atoms with E-state index >= 15 is 0 Å². The minimum absolute atomic E-state index is 0.468. The maximum absolute atomic E-state index is 5.82. The SMILES string of the molecule is NC1CN(C2CN3CCC2CC3)C1. The van der Waals surface area contributed by atoms with Crippen molar-refractivity contribution in [2.75, 3.05) is 32.7 Å². The third-order valence-electron chi connectivity index (χ3n) is 4.03. The van der Waals surface area contributed by atoms with Gasteiger partial charge in [0.1, 0.15) is 0 Å². The summed E-state index contributed by atoms with van der Waals surface area (Å²) in [5.41, 5.74) is 5.82. The first-order chi connectivity index (χ1) is 6.33. The van der Waals surface area contributed by atoms with E-state index in [4.69, 9.17) is 5.73 Å². The lowest BCUT2D eigenvalue weighted by Gasteiger charge is -2.53. The zero-order valence-electron chi connectivity index (χ0n) is 8.15. The molecule has 0 aromatic heterocycles. The van der Waals surface area contributed by atoms with E-state index in [1.54, 1.807) is 0 Å². The van der Waals surface area contributed by atoms with Gasteiger partial charge in [-0.15, -0.1) is 0 Å². The van der Waals surface area contributed by atoms with Crippen LogP contribution in [0.1, 0.15) is 12.8 Å². The van der Waals surface area contributed by atoms with Crippen LogP contribution < -0.4 is 5.73 Å². The van der Waals surface area contributed by atoms with Gasteiger partial charge in [0.2, 0.25) is 0 Å². The normalized spacial score (nSPS) is 46.4. The Kier molecular flexibility index (Phi) is 1.86. The highest BCUT2D eigenvalue weighted by Crippen LogP contribution is 2.32. The second kappa shape index (κ2) is 2.94. The summed E-state index contributed by atoms with van der Waals surface area (Å²) in [7, 11) is 0. The van der Waals surface area contributed by atoms with Gasteiger partial charge in [-0.05, 0) is 31.8 Å². The summed E-state index contributed by atoms with van der Waals surface area (Å²) >= 11 is 0. The number of piperidine rings is 3. The molecule has 4 aliphatic rings. The summed E-state index contributed by atoms with van der Waals surface area (Å²) < 4.78 is 0. The van der Waals surface area contributed by atoms with Crippen LogP contribution in [0.5, 0.6) is 0 Å². The second-order valence-electron chi connectivity index (χ2n) is 4.92. The van der Waals surface area contributed by atoms with Crippen LogP contribution in [0.2, 0.25) is 0 Å². The number of hydrogen-bond acceptors (Lipinski definition) is 3. The van der Waals surface area contributed by atoms with E-state index in [0.717, 1.165) is 25.0 Å². The zero-order chi connectivity index (χ0) is 8.84. The fraction of sp³-hybridized carbons (Fsp3) is 1.00. The summed E-state index contributed by atoms with van der Waals surface area (Å²) in [5, 5.41) is 0. The maximum atomic E-state index is 5.82. The highest BCUT2D eigenvalue weighted by Gasteiger charge is 2.40. The van der Waals surface area contributed by atoms with Gasteiger partial charge in [0.15, 0.2) is 0 Å². The lowest BCUT2D eigenvalue weighted by atomic mass is 9.81. The second-order valence-corrected chi connectivity index (χ2v) is 4.92. The standard InChI is InChI=1S/C10H19N3/c11-9-5-13(6-9)10-7-12-3-1-8(10)2-4-12/h8-10H,1-7,11H2. The van der Waals surface area contributed by atoms with Crippen LogP contribution in [0.3, 0.4) is 0 Å². The molecule has 2 bridgehead atoms. The topological polar surface area (TPSA) is 32.5 Å². The molecular weight excluding hydrogens is 162 g/mol. The van der Waals surface area contributed by atoms with Crippen LogP contribution in [0.4, 0.5) is 0 Å². The molecule has 4 heterocycles. The molecule has 0 amide bonds. The van der Waals surface area contributed by atoms with Gasteiger partial charge in [0, 0.05) is 31.7 Å². The molecule has 0 radical (unpaired) electrons. The number of hydrogen-bond donors (Lipinski definition) is 1. The monoisotopic (exact) mass is 181 g/mol. The van der Waals surface area contributed by atoms with E-state index < -0.39 is 0 Å². The van der Waals surface area contributed by atoms with Crippen LogP contribution in [-0.2, 0) is 0 Å². The number of nitrogens with two attached hydrogens (primary N) is 1. The van der Waals surface area contributed by atoms with Crippen molar-refractivity contribution in [1.82, 2.24) is 9.80 Å². The molecule has 3 heteroatoms. The maximum Gasteiger partial charge on any atom is 0.0297 e. The molecule has 1 atom stereocenters. The first-order valence-corrected chi connectivity index (χ1v) is 5.55. The lowest BCUT2D eigenvalue weighted by Crippen LogP contribution is -2.66. The molecule has 0 spiro atoms. The molecule has 74 valence electrons. The zero-order valence-corrected chi connectivity index (χ0v) is 8.15. The minimum Gasteiger partial charge on any atom is -0.325 e. The number of fused-ring (bicyclic) bond motifs is 3. The Morgan fingerprint density at radius 1 is 1.00 bits per heavy atom. The molecule has 4 saturated heterocycles. The summed E-state index contributed by atoms with van der Waals surface area (Å²) in [5.74, 6) is 0.984. The lowest BCUT2D eigenvalue weighted by molar-refractivity contribution is -0.0286. The van der Waals surface area contributed by atoms with Gasteiger partial charge in [-0.3, -0.25) is 4.90 Å². The highest BCUT2D eigenvalue weighted by molar-refractivity contribution is 4.97. The molecule has 0 aromatic rings. The van der Waals surface area contributed by atoms with Crippen molar-refractivity contribution in [2.24, 2.45) is 11.7 Å². The molecule has 4 rings (SSSR count). The van der Waals surface area contributed by atoms with Crippen LogP contribution in [0, 0.1) is 5.92 Å². The average Bonchev–Trinajstić information content (AvgIpc) is 2.15. The third-order valence-corrected chi connectivity index (χ3v) is 4.03. The van der Waals surface area contributed by atoms with Gasteiger partial charge in [0.05, 0.1) is 0 Å². The van der Waals surface area contributed by atoms with E-state index in [1.807, 2.05) is 0 Å². The Balaban J connectivity index is 1.65. The summed E-state index contributed by atoms with van der Waals surface area (Å²) in [6, 6.07) is 1.32. The van der Waals surface area contributed by atoms with Crippen molar-refractivity contribution >= 4 is 0 Å². The van der Waals surface area contributed by atoms with Crippen LogP contribution >= 0.6 is 0 Å². The van der Waals surface area contributed by atoms with Gasteiger partial charge < -0.3 is 10.6 Å². The van der Waals surface area contributed by atoms with Gasteiger partial charge in [-0.2, -0.15) is 0 Å². The van der Waals surface area contributed by atoms with Crippen molar-refractivity contribution in [3.63, 3.8) is 0 Å². The molecular formula is C10H19N3. The van der Waals surface area contributed by atoms with E-state index in [2.05, 4.69) is 9.80 Å². The third kappa shape index (κ3) is 1.30. The number of nitrogens with zero attached hydrogens (tertiary/aromatic N) is 2. The Bertz CT molecular complexity index is 192. The van der Waals surface area contributed by atoms with Crippen molar-refractivity contribution in [3.05, 3.63) is 0 Å². The summed E-state index contributed by atoms with van der Waals surface area (Å²) in [6.07, 6.45) is 2.85. The molecule has 0 aliphatic carbocycles. The van der Waals surface area contributed by atoms with Gasteiger partial charge >= 0.3 is 0 Å². The van der Waals surface area contributed by atoms with E-state index in [1.165, 1.54) is 32.5 Å². The largest absolute Gasteiger partial charge is 0.325 e. The van der Waals surface area contributed by atoms with Crippen molar-refractivity contribution in [3.8, 4) is 0 Å². The molecule has 2 N–H and O–H groups in total. The quantitative estimate of drug-likeness (QED) is 0.604. The summed E-state index contributed by atoms with van der Waals surface area (Å²) in [6.45, 7) is 6.31. The first-order valence-electron chi connectivity index (χ1n) is 5.55.